The molecule has 0 spiro atoms. The van der Waals surface area contributed by atoms with E-state index in [1.54, 1.807) is 6.33 Å². The van der Waals surface area contributed by atoms with Crippen LogP contribution in [-0.4, -0.2) is 28.0 Å². The number of nitrogens with zero attached hydrogens (tertiary/aromatic N) is 2. The van der Waals surface area contributed by atoms with Gasteiger partial charge in [0, 0.05) is 23.7 Å². The number of aromatic nitrogens is 2. The van der Waals surface area contributed by atoms with Gasteiger partial charge >= 0.3 is 0 Å². The molecule has 1 fully saturated rings. The van der Waals surface area contributed by atoms with Crippen molar-refractivity contribution in [1.29, 1.82) is 0 Å². The second-order valence-electron chi connectivity index (χ2n) is 3.17. The molecule has 1 aliphatic heterocycles. The number of hydrogen-bond donors (Lipinski definition) is 1. The average Bonchev–Trinajstić information content (AvgIpc) is 2.19. The van der Waals surface area contributed by atoms with Crippen LogP contribution in [0.3, 0.4) is 0 Å². The Morgan fingerprint density at radius 2 is 2.46 bits per heavy atom. The molecule has 1 saturated heterocycles. The molecule has 4 heteroatoms. The molecule has 0 aromatic carbocycles. The fraction of sp³-hybridized carbons (Fsp3) is 0.556. The Kier molecular flexibility index (Phi) is 2.80. The lowest BCUT2D eigenvalue weighted by atomic mass is 10.2. The van der Waals surface area contributed by atoms with Crippen LogP contribution in [0.1, 0.15) is 17.4 Å². The van der Waals surface area contributed by atoms with Gasteiger partial charge in [-0.3, -0.25) is 0 Å². The molecule has 0 radical (unpaired) electrons. The van der Waals surface area contributed by atoms with E-state index in [-0.39, 0.29) is 0 Å². The minimum Gasteiger partial charge on any atom is -0.307 e. The molecule has 1 aromatic heterocycles. The molecule has 1 N–H and O–H groups in total. The largest absolute Gasteiger partial charge is 0.307 e. The fourth-order valence-corrected chi connectivity index (χ4v) is 2.37. The third-order valence-corrected chi connectivity index (χ3v) is 3.17. The van der Waals surface area contributed by atoms with E-state index in [0.717, 1.165) is 23.7 Å². The molecule has 0 aliphatic carbocycles. The van der Waals surface area contributed by atoms with Crippen LogP contribution >= 0.6 is 11.8 Å². The zero-order chi connectivity index (χ0) is 9.10. The van der Waals surface area contributed by atoms with Crippen LogP contribution in [0.25, 0.3) is 0 Å². The summed E-state index contributed by atoms with van der Waals surface area (Å²) in [5, 5.41) is 3.45. The van der Waals surface area contributed by atoms with E-state index in [4.69, 9.17) is 0 Å². The van der Waals surface area contributed by atoms with Crippen LogP contribution < -0.4 is 5.32 Å². The van der Waals surface area contributed by atoms with Gasteiger partial charge in [0.15, 0.2) is 0 Å². The van der Waals surface area contributed by atoms with E-state index < -0.39 is 0 Å². The predicted molar refractivity (Wildman–Crippen MR) is 54.8 cm³/mol. The number of rotatable bonds is 1. The van der Waals surface area contributed by atoms with Crippen molar-refractivity contribution in [3.63, 3.8) is 0 Å². The lowest BCUT2D eigenvalue weighted by Crippen LogP contribution is -2.30. The molecule has 0 saturated carbocycles. The first kappa shape index (κ1) is 8.97. The Balaban J connectivity index is 2.14. The van der Waals surface area contributed by atoms with E-state index in [0.29, 0.717) is 6.04 Å². The molecule has 1 unspecified atom stereocenters. The van der Waals surface area contributed by atoms with Crippen molar-refractivity contribution in [3.8, 4) is 0 Å². The van der Waals surface area contributed by atoms with Gasteiger partial charge in [-0.15, -0.1) is 0 Å². The summed E-state index contributed by atoms with van der Waals surface area (Å²) in [5.74, 6) is 2.33. The van der Waals surface area contributed by atoms with Crippen LogP contribution in [0.4, 0.5) is 0 Å². The number of nitrogens with one attached hydrogen (secondary N) is 1. The van der Waals surface area contributed by atoms with Crippen molar-refractivity contribution in [3.05, 3.63) is 23.8 Å². The van der Waals surface area contributed by atoms with Crippen LogP contribution in [0.15, 0.2) is 12.4 Å². The van der Waals surface area contributed by atoms with Gasteiger partial charge in [-0.25, -0.2) is 9.97 Å². The normalized spacial score (nSPS) is 23.0. The van der Waals surface area contributed by atoms with Crippen molar-refractivity contribution in [2.45, 2.75) is 13.0 Å². The smallest absolute Gasteiger partial charge is 0.115 e. The molecule has 2 rings (SSSR count). The van der Waals surface area contributed by atoms with Crippen LogP contribution in [0.5, 0.6) is 0 Å². The molecule has 0 bridgehead atoms. The highest BCUT2D eigenvalue weighted by Crippen LogP contribution is 2.19. The van der Waals surface area contributed by atoms with Crippen molar-refractivity contribution in [1.82, 2.24) is 15.3 Å². The molecule has 0 amide bonds. The van der Waals surface area contributed by atoms with E-state index in [2.05, 4.69) is 21.4 Å². The summed E-state index contributed by atoms with van der Waals surface area (Å²) in [6, 6.07) is 2.48. The summed E-state index contributed by atoms with van der Waals surface area (Å²) in [7, 11) is 0. The van der Waals surface area contributed by atoms with Crippen molar-refractivity contribution in [2.75, 3.05) is 18.1 Å². The minimum atomic E-state index is 0.417. The minimum absolute atomic E-state index is 0.417. The van der Waals surface area contributed by atoms with E-state index in [9.17, 15) is 0 Å². The van der Waals surface area contributed by atoms with Gasteiger partial charge in [-0.1, -0.05) is 0 Å². The Morgan fingerprint density at radius 1 is 1.54 bits per heavy atom. The molecular formula is C9H13N3S. The fourth-order valence-electron chi connectivity index (χ4n) is 1.42. The Bertz CT molecular complexity index is 284. The topological polar surface area (TPSA) is 37.8 Å². The maximum absolute atomic E-state index is 4.28. The second kappa shape index (κ2) is 4.07. The summed E-state index contributed by atoms with van der Waals surface area (Å²) in [5.41, 5.74) is 2.17. The maximum Gasteiger partial charge on any atom is 0.115 e. The first-order valence-corrected chi connectivity index (χ1v) is 5.61. The molecular weight excluding hydrogens is 182 g/mol. The molecule has 1 aliphatic rings. The average molecular weight is 195 g/mol. The van der Waals surface area contributed by atoms with Gasteiger partial charge in [0.05, 0.1) is 11.7 Å². The Morgan fingerprint density at radius 3 is 3.15 bits per heavy atom. The highest BCUT2D eigenvalue weighted by molar-refractivity contribution is 7.99. The number of aryl methyl sites for hydroxylation is 1. The summed E-state index contributed by atoms with van der Waals surface area (Å²) >= 11 is 1.98. The first-order chi connectivity index (χ1) is 6.36. The first-order valence-electron chi connectivity index (χ1n) is 4.46. The number of thioether (sulfide) groups is 1. The monoisotopic (exact) mass is 195 g/mol. The molecule has 3 nitrogen and oxygen atoms in total. The van der Waals surface area contributed by atoms with Crippen LogP contribution in [0, 0.1) is 6.92 Å². The van der Waals surface area contributed by atoms with Crippen molar-refractivity contribution < 1.29 is 0 Å². The number of hydrogen-bond acceptors (Lipinski definition) is 4. The molecule has 1 atom stereocenters. The molecule has 2 heterocycles. The van der Waals surface area contributed by atoms with Gasteiger partial charge in [0.2, 0.25) is 0 Å². The summed E-state index contributed by atoms with van der Waals surface area (Å²) < 4.78 is 0. The highest BCUT2D eigenvalue weighted by atomic mass is 32.2. The Hall–Kier alpha value is -0.610. The van der Waals surface area contributed by atoms with E-state index in [1.165, 1.54) is 5.75 Å². The lowest BCUT2D eigenvalue weighted by Gasteiger charge is -2.22. The van der Waals surface area contributed by atoms with E-state index >= 15 is 0 Å². The van der Waals surface area contributed by atoms with Gasteiger partial charge in [0.25, 0.3) is 0 Å². The SMILES string of the molecule is Cc1cc(C2CSCCN2)ncn1. The standard InChI is InChI=1S/C9H13N3S/c1-7-4-8(12-6-11-7)9-5-13-3-2-10-9/h4,6,9-10H,2-3,5H2,1H3. The third-order valence-electron chi connectivity index (χ3n) is 2.10. The van der Waals surface area contributed by atoms with E-state index in [1.807, 2.05) is 18.7 Å². The van der Waals surface area contributed by atoms with Gasteiger partial charge in [-0.2, -0.15) is 11.8 Å². The van der Waals surface area contributed by atoms with Crippen molar-refractivity contribution in [2.24, 2.45) is 0 Å². The molecule has 1 aromatic rings. The quantitative estimate of drug-likeness (QED) is 0.730. The highest BCUT2D eigenvalue weighted by Gasteiger charge is 2.15. The van der Waals surface area contributed by atoms with Crippen molar-refractivity contribution >= 4 is 11.8 Å². The zero-order valence-corrected chi connectivity index (χ0v) is 8.47. The second-order valence-corrected chi connectivity index (χ2v) is 4.32. The van der Waals surface area contributed by atoms with Crippen LogP contribution in [0.2, 0.25) is 0 Å². The van der Waals surface area contributed by atoms with Gasteiger partial charge < -0.3 is 5.32 Å². The Labute approximate surface area is 82.4 Å². The summed E-state index contributed by atoms with van der Waals surface area (Å²) in [6.45, 7) is 3.08. The summed E-state index contributed by atoms with van der Waals surface area (Å²) in [6.07, 6.45) is 1.64. The maximum atomic E-state index is 4.28. The predicted octanol–water partition coefficient (Wildman–Crippen LogP) is 1.16. The lowest BCUT2D eigenvalue weighted by molar-refractivity contribution is 0.578. The third kappa shape index (κ3) is 2.19. The molecule has 13 heavy (non-hydrogen) atoms. The summed E-state index contributed by atoms with van der Waals surface area (Å²) in [4.78, 5) is 8.37. The van der Waals surface area contributed by atoms with Crippen LogP contribution in [-0.2, 0) is 0 Å². The zero-order valence-electron chi connectivity index (χ0n) is 7.66. The van der Waals surface area contributed by atoms with Gasteiger partial charge in [0.1, 0.15) is 6.33 Å². The van der Waals surface area contributed by atoms with Gasteiger partial charge in [-0.05, 0) is 13.0 Å². The molecule has 70 valence electrons.